The Kier molecular flexibility index (Phi) is 4.58. The Balaban J connectivity index is 1.83. The second kappa shape index (κ2) is 6.21. The number of carbonyl (C=O) groups excluding carboxylic acids is 1. The average molecular weight is 314 g/mol. The molecule has 0 atom stereocenters. The van der Waals surface area contributed by atoms with E-state index in [2.05, 4.69) is 10.0 Å². The zero-order valence-corrected chi connectivity index (χ0v) is 12.4. The summed E-state index contributed by atoms with van der Waals surface area (Å²) in [4.78, 5) is 12.4. The van der Waals surface area contributed by atoms with Gasteiger partial charge in [-0.15, -0.1) is 11.3 Å². The van der Waals surface area contributed by atoms with Crippen molar-refractivity contribution in [3.63, 3.8) is 0 Å². The number of hydrogen-bond donors (Lipinski definition) is 2. The smallest absolute Gasteiger partial charge is 0.250 e. The van der Waals surface area contributed by atoms with Crippen LogP contribution in [0.3, 0.4) is 0 Å². The molecule has 1 amide bonds. The Morgan fingerprint density at radius 2 is 2.15 bits per heavy atom. The number of nitrogens with one attached hydrogen (secondary N) is 2. The first-order chi connectivity index (χ1) is 9.47. The quantitative estimate of drug-likeness (QED) is 0.840. The van der Waals surface area contributed by atoms with Crippen molar-refractivity contribution >= 4 is 27.3 Å². The number of furan rings is 1. The van der Waals surface area contributed by atoms with Gasteiger partial charge in [0, 0.05) is 4.88 Å². The lowest BCUT2D eigenvalue weighted by molar-refractivity contribution is -0.120. The summed E-state index contributed by atoms with van der Waals surface area (Å²) in [6.07, 6.45) is 1.50. The first-order valence-electron chi connectivity index (χ1n) is 5.82. The van der Waals surface area contributed by atoms with Gasteiger partial charge in [-0.2, -0.15) is 0 Å². The van der Waals surface area contributed by atoms with Crippen molar-refractivity contribution in [3.8, 4) is 0 Å². The maximum absolute atomic E-state index is 11.9. The van der Waals surface area contributed by atoms with Gasteiger partial charge in [0.25, 0.3) is 10.0 Å². The summed E-state index contributed by atoms with van der Waals surface area (Å²) in [6.45, 7) is 1.74. The van der Waals surface area contributed by atoms with E-state index in [4.69, 9.17) is 4.42 Å². The molecule has 0 aliphatic carbocycles. The zero-order valence-electron chi connectivity index (χ0n) is 10.8. The molecule has 6 nitrogen and oxygen atoms in total. The van der Waals surface area contributed by atoms with E-state index in [1.54, 1.807) is 18.2 Å². The third-order valence-corrected chi connectivity index (χ3v) is 5.34. The molecular formula is C12H14N2O4S2. The third-order valence-electron chi connectivity index (χ3n) is 2.44. The number of thiophene rings is 1. The van der Waals surface area contributed by atoms with Crippen molar-refractivity contribution in [2.75, 3.05) is 6.54 Å². The van der Waals surface area contributed by atoms with E-state index in [-0.39, 0.29) is 17.3 Å². The van der Waals surface area contributed by atoms with Crippen LogP contribution in [-0.4, -0.2) is 20.9 Å². The molecule has 0 fully saturated rings. The minimum absolute atomic E-state index is 0.203. The van der Waals surface area contributed by atoms with Crippen LogP contribution in [0.4, 0.5) is 0 Å². The number of rotatable bonds is 6. The molecule has 0 aliphatic rings. The summed E-state index contributed by atoms with van der Waals surface area (Å²) in [5, 5.41) is 2.56. The first kappa shape index (κ1) is 14.8. The molecule has 0 aromatic carbocycles. The molecule has 108 valence electrons. The average Bonchev–Trinajstić information content (AvgIpc) is 3.05. The van der Waals surface area contributed by atoms with E-state index in [0.29, 0.717) is 5.76 Å². The molecule has 0 unspecified atom stereocenters. The summed E-state index contributed by atoms with van der Waals surface area (Å²) in [7, 11) is -3.62. The van der Waals surface area contributed by atoms with Gasteiger partial charge in [0.2, 0.25) is 5.91 Å². The van der Waals surface area contributed by atoms with Crippen LogP contribution in [0.5, 0.6) is 0 Å². The van der Waals surface area contributed by atoms with E-state index < -0.39 is 15.9 Å². The number of aryl methyl sites for hydroxylation is 1. The molecule has 2 aromatic rings. The maximum Gasteiger partial charge on any atom is 0.250 e. The van der Waals surface area contributed by atoms with Crippen LogP contribution in [0.25, 0.3) is 0 Å². The molecular weight excluding hydrogens is 300 g/mol. The largest absolute Gasteiger partial charge is 0.467 e. The highest BCUT2D eigenvalue weighted by Crippen LogP contribution is 2.19. The molecule has 8 heteroatoms. The summed E-state index contributed by atoms with van der Waals surface area (Å²) in [6, 6.07) is 6.67. The fraction of sp³-hybridized carbons (Fsp3) is 0.250. The Bertz CT molecular complexity index is 674. The molecule has 0 saturated carbocycles. The van der Waals surface area contributed by atoms with Gasteiger partial charge in [-0.25, -0.2) is 13.1 Å². The second-order valence-corrected chi connectivity index (χ2v) is 7.33. The lowest BCUT2D eigenvalue weighted by Gasteiger charge is -2.05. The Morgan fingerprint density at radius 1 is 1.35 bits per heavy atom. The third kappa shape index (κ3) is 3.92. The number of carbonyl (C=O) groups is 1. The monoisotopic (exact) mass is 314 g/mol. The van der Waals surface area contributed by atoms with E-state index in [1.807, 2.05) is 6.92 Å². The fourth-order valence-corrected chi connectivity index (χ4v) is 3.76. The Labute approximate surface area is 120 Å². The summed E-state index contributed by atoms with van der Waals surface area (Å²) >= 11 is 1.16. The highest BCUT2D eigenvalue weighted by Gasteiger charge is 2.17. The molecule has 0 saturated heterocycles. The lowest BCUT2D eigenvalue weighted by atomic mass is 10.4. The predicted octanol–water partition coefficient (Wildman–Crippen LogP) is 1.24. The number of amides is 1. The van der Waals surface area contributed by atoms with Gasteiger partial charge in [-0.05, 0) is 31.2 Å². The molecule has 2 heterocycles. The van der Waals surface area contributed by atoms with E-state index in [9.17, 15) is 13.2 Å². The van der Waals surface area contributed by atoms with Gasteiger partial charge in [0.1, 0.15) is 9.97 Å². The van der Waals surface area contributed by atoms with Crippen LogP contribution in [0.2, 0.25) is 0 Å². The highest BCUT2D eigenvalue weighted by atomic mass is 32.2. The SMILES string of the molecule is Cc1ccc(S(=O)(=O)NCC(=O)NCc2ccco2)s1. The van der Waals surface area contributed by atoms with E-state index in [1.165, 1.54) is 12.3 Å². The van der Waals surface area contributed by atoms with Crippen molar-refractivity contribution in [1.29, 1.82) is 0 Å². The normalized spacial score (nSPS) is 11.4. The van der Waals surface area contributed by atoms with Crippen LogP contribution in [0.1, 0.15) is 10.6 Å². The van der Waals surface area contributed by atoms with Gasteiger partial charge < -0.3 is 9.73 Å². The van der Waals surface area contributed by atoms with E-state index >= 15 is 0 Å². The minimum Gasteiger partial charge on any atom is -0.467 e. The van der Waals surface area contributed by atoms with Crippen LogP contribution in [0, 0.1) is 6.92 Å². The summed E-state index contributed by atoms with van der Waals surface area (Å²) in [5.74, 6) is 0.188. The molecule has 0 radical (unpaired) electrons. The topological polar surface area (TPSA) is 88.4 Å². The van der Waals surface area contributed by atoms with Crippen LogP contribution >= 0.6 is 11.3 Å². The van der Waals surface area contributed by atoms with Gasteiger partial charge in [-0.1, -0.05) is 0 Å². The molecule has 0 spiro atoms. The number of sulfonamides is 1. The second-order valence-electron chi connectivity index (χ2n) is 4.05. The van der Waals surface area contributed by atoms with Gasteiger partial charge >= 0.3 is 0 Å². The molecule has 2 aromatic heterocycles. The summed E-state index contributed by atoms with van der Waals surface area (Å²) in [5.41, 5.74) is 0. The van der Waals surface area contributed by atoms with Crippen molar-refractivity contribution in [3.05, 3.63) is 41.2 Å². The van der Waals surface area contributed by atoms with Crippen LogP contribution in [0.15, 0.2) is 39.2 Å². The van der Waals surface area contributed by atoms with Crippen molar-refractivity contribution in [1.82, 2.24) is 10.0 Å². The Morgan fingerprint density at radius 3 is 2.75 bits per heavy atom. The highest BCUT2D eigenvalue weighted by molar-refractivity contribution is 7.91. The molecule has 20 heavy (non-hydrogen) atoms. The predicted molar refractivity (Wildman–Crippen MR) is 74.8 cm³/mol. The minimum atomic E-state index is -3.62. The summed E-state index contributed by atoms with van der Waals surface area (Å²) < 4.78 is 31.3. The van der Waals surface area contributed by atoms with Crippen molar-refractivity contribution in [2.24, 2.45) is 0 Å². The lowest BCUT2D eigenvalue weighted by Crippen LogP contribution is -2.36. The van der Waals surface area contributed by atoms with E-state index in [0.717, 1.165) is 16.2 Å². The molecule has 0 bridgehead atoms. The standard InChI is InChI=1S/C12H14N2O4S2/c1-9-4-5-12(19-9)20(16,17)14-8-11(15)13-7-10-3-2-6-18-10/h2-6,14H,7-8H2,1H3,(H,13,15). The zero-order chi connectivity index (χ0) is 14.6. The van der Waals surface area contributed by atoms with Crippen molar-refractivity contribution in [2.45, 2.75) is 17.7 Å². The molecule has 2 rings (SSSR count). The van der Waals surface area contributed by atoms with Crippen LogP contribution in [-0.2, 0) is 21.4 Å². The van der Waals surface area contributed by atoms with Crippen LogP contribution < -0.4 is 10.0 Å². The van der Waals surface area contributed by atoms with Crippen molar-refractivity contribution < 1.29 is 17.6 Å². The number of hydrogen-bond acceptors (Lipinski definition) is 5. The first-order valence-corrected chi connectivity index (χ1v) is 8.12. The van der Waals surface area contributed by atoms with Gasteiger partial charge in [0.15, 0.2) is 0 Å². The van der Waals surface area contributed by atoms with Gasteiger partial charge in [-0.3, -0.25) is 4.79 Å². The molecule has 2 N–H and O–H groups in total. The fourth-order valence-electron chi connectivity index (χ4n) is 1.45. The Hall–Kier alpha value is -1.64. The molecule has 0 aliphatic heterocycles. The van der Waals surface area contributed by atoms with Gasteiger partial charge in [0.05, 0.1) is 19.4 Å². The maximum atomic E-state index is 11.9.